The second kappa shape index (κ2) is 4.61. The van der Waals surface area contributed by atoms with Crippen LogP contribution in [0.5, 0.6) is 0 Å². The van der Waals surface area contributed by atoms with Crippen LogP contribution in [-0.2, 0) is 0 Å². The van der Waals surface area contributed by atoms with Crippen LogP contribution in [0, 0.1) is 11.6 Å². The first-order valence-corrected chi connectivity index (χ1v) is 5.91. The van der Waals surface area contributed by atoms with Crippen LogP contribution in [-0.4, -0.2) is 17.3 Å². The minimum atomic E-state index is -0.575. The Morgan fingerprint density at radius 3 is 2.47 bits per heavy atom. The Hall–Kier alpha value is -1.16. The van der Waals surface area contributed by atoms with Gasteiger partial charge in [-0.3, -0.25) is 0 Å². The summed E-state index contributed by atoms with van der Waals surface area (Å²) in [4.78, 5) is 0. The average molecular weight is 241 g/mol. The maximum atomic E-state index is 13.7. The van der Waals surface area contributed by atoms with E-state index >= 15 is 0 Å². The fraction of sp³-hybridized carbons (Fsp3) is 0.538. The van der Waals surface area contributed by atoms with Gasteiger partial charge in [-0.25, -0.2) is 8.78 Å². The highest BCUT2D eigenvalue weighted by molar-refractivity contribution is 5.54. The fourth-order valence-electron chi connectivity index (χ4n) is 2.22. The first kappa shape index (κ1) is 12.3. The van der Waals surface area contributed by atoms with Crippen LogP contribution in [0.15, 0.2) is 12.1 Å². The number of anilines is 1. The van der Waals surface area contributed by atoms with E-state index in [0.717, 1.165) is 6.07 Å². The molecule has 1 aromatic rings. The number of aliphatic hydroxyl groups is 1. The molecule has 0 aromatic heterocycles. The van der Waals surface area contributed by atoms with Gasteiger partial charge >= 0.3 is 0 Å². The van der Waals surface area contributed by atoms with E-state index in [2.05, 4.69) is 5.32 Å². The van der Waals surface area contributed by atoms with Crippen molar-refractivity contribution < 1.29 is 13.9 Å². The van der Waals surface area contributed by atoms with Crippen molar-refractivity contribution in [3.63, 3.8) is 0 Å². The van der Waals surface area contributed by atoms with Crippen molar-refractivity contribution in [2.24, 2.45) is 0 Å². The number of nitrogens with one attached hydrogen (secondary N) is 1. The zero-order valence-corrected chi connectivity index (χ0v) is 10.0. The van der Waals surface area contributed by atoms with E-state index in [1.165, 1.54) is 6.07 Å². The smallest absolute Gasteiger partial charge is 0.131 e. The summed E-state index contributed by atoms with van der Waals surface area (Å²) >= 11 is 0. The molecule has 4 heteroatoms. The van der Waals surface area contributed by atoms with Crippen molar-refractivity contribution in [3.8, 4) is 0 Å². The molecule has 0 bridgehead atoms. The molecule has 0 aliphatic heterocycles. The van der Waals surface area contributed by atoms with Crippen molar-refractivity contribution in [2.75, 3.05) is 5.32 Å². The molecule has 1 aliphatic rings. The van der Waals surface area contributed by atoms with Gasteiger partial charge < -0.3 is 10.4 Å². The molecule has 0 unspecified atom stereocenters. The Morgan fingerprint density at radius 2 is 1.94 bits per heavy atom. The monoisotopic (exact) mass is 241 g/mol. The van der Waals surface area contributed by atoms with Crippen LogP contribution in [0.4, 0.5) is 14.5 Å². The highest BCUT2D eigenvalue weighted by atomic mass is 19.1. The van der Waals surface area contributed by atoms with Crippen molar-refractivity contribution in [1.82, 2.24) is 0 Å². The van der Waals surface area contributed by atoms with E-state index in [0.29, 0.717) is 24.1 Å². The molecule has 1 saturated carbocycles. The summed E-state index contributed by atoms with van der Waals surface area (Å²) in [6, 6.07) is 2.35. The van der Waals surface area contributed by atoms with E-state index in [1.54, 1.807) is 0 Å². The maximum absolute atomic E-state index is 13.7. The summed E-state index contributed by atoms with van der Waals surface area (Å²) in [6.45, 7) is 3.74. The van der Waals surface area contributed by atoms with E-state index in [1.807, 2.05) is 13.8 Å². The highest BCUT2D eigenvalue weighted by Crippen LogP contribution is 2.32. The Bertz CT molecular complexity index is 414. The normalized spacial score (nSPS) is 23.6. The van der Waals surface area contributed by atoms with Crippen LogP contribution >= 0.6 is 0 Å². The second-order valence-electron chi connectivity index (χ2n) is 4.97. The second-order valence-corrected chi connectivity index (χ2v) is 4.97. The van der Waals surface area contributed by atoms with Crippen molar-refractivity contribution in [3.05, 3.63) is 29.3 Å². The molecule has 0 spiro atoms. The predicted octanol–water partition coefficient (Wildman–Crippen LogP) is 3.02. The van der Waals surface area contributed by atoms with Gasteiger partial charge in [-0.15, -0.1) is 0 Å². The van der Waals surface area contributed by atoms with Gasteiger partial charge in [0, 0.05) is 23.4 Å². The zero-order valence-electron chi connectivity index (χ0n) is 10.0. The van der Waals surface area contributed by atoms with E-state index in [-0.39, 0.29) is 18.1 Å². The molecule has 17 heavy (non-hydrogen) atoms. The number of rotatable bonds is 3. The molecule has 2 nitrogen and oxygen atoms in total. The minimum absolute atomic E-state index is 0.0110. The van der Waals surface area contributed by atoms with E-state index in [4.69, 9.17) is 0 Å². The Morgan fingerprint density at radius 1 is 1.29 bits per heavy atom. The van der Waals surface area contributed by atoms with Gasteiger partial charge in [-0.05, 0) is 24.8 Å². The molecule has 0 radical (unpaired) electrons. The standard InChI is InChI=1S/C13H17F2NO/c1-7(2)13-11(15)3-8(14)4-12(13)16-9-5-10(17)6-9/h3-4,7,9-10,16-17H,5-6H2,1-2H3. The summed E-state index contributed by atoms with van der Waals surface area (Å²) in [7, 11) is 0. The first-order valence-electron chi connectivity index (χ1n) is 5.91. The number of benzene rings is 1. The molecule has 94 valence electrons. The third-order valence-electron chi connectivity index (χ3n) is 3.14. The quantitative estimate of drug-likeness (QED) is 0.852. The van der Waals surface area contributed by atoms with Crippen LogP contribution in [0.1, 0.15) is 38.2 Å². The van der Waals surface area contributed by atoms with Crippen LogP contribution in [0.3, 0.4) is 0 Å². The molecule has 2 rings (SSSR count). The Balaban J connectivity index is 2.24. The molecular weight excluding hydrogens is 224 g/mol. The lowest BCUT2D eigenvalue weighted by molar-refractivity contribution is 0.0836. The summed E-state index contributed by atoms with van der Waals surface area (Å²) in [6.07, 6.45) is 0.985. The van der Waals surface area contributed by atoms with Crippen molar-refractivity contribution >= 4 is 5.69 Å². The summed E-state index contributed by atoms with van der Waals surface area (Å²) in [5, 5.41) is 12.3. The van der Waals surface area contributed by atoms with Crippen LogP contribution in [0.2, 0.25) is 0 Å². The summed E-state index contributed by atoms with van der Waals surface area (Å²) in [5.74, 6) is -1.10. The third kappa shape index (κ3) is 2.57. The average Bonchev–Trinajstić information content (AvgIpc) is 2.13. The zero-order chi connectivity index (χ0) is 12.6. The van der Waals surface area contributed by atoms with Crippen molar-refractivity contribution in [2.45, 2.75) is 44.8 Å². The summed E-state index contributed by atoms with van der Waals surface area (Å²) < 4.78 is 26.9. The topological polar surface area (TPSA) is 32.3 Å². The molecule has 1 aliphatic carbocycles. The van der Waals surface area contributed by atoms with Crippen LogP contribution < -0.4 is 5.32 Å². The molecule has 1 fully saturated rings. The van der Waals surface area contributed by atoms with E-state index in [9.17, 15) is 13.9 Å². The molecule has 1 aromatic carbocycles. The van der Waals surface area contributed by atoms with E-state index < -0.39 is 11.6 Å². The Labute approximate surface area is 99.7 Å². The van der Waals surface area contributed by atoms with Crippen LogP contribution in [0.25, 0.3) is 0 Å². The number of hydrogen-bond donors (Lipinski definition) is 2. The number of hydrogen-bond acceptors (Lipinski definition) is 2. The maximum Gasteiger partial charge on any atom is 0.131 e. The first-order chi connectivity index (χ1) is 7.97. The van der Waals surface area contributed by atoms with Crippen molar-refractivity contribution in [1.29, 1.82) is 0 Å². The number of aliphatic hydroxyl groups excluding tert-OH is 1. The lowest BCUT2D eigenvalue weighted by atomic mass is 9.88. The largest absolute Gasteiger partial charge is 0.393 e. The lowest BCUT2D eigenvalue weighted by Gasteiger charge is -2.33. The van der Waals surface area contributed by atoms with Gasteiger partial charge in [-0.1, -0.05) is 13.8 Å². The fourth-order valence-corrected chi connectivity index (χ4v) is 2.22. The van der Waals surface area contributed by atoms with Gasteiger partial charge in [0.2, 0.25) is 0 Å². The molecule has 0 heterocycles. The Kier molecular flexibility index (Phi) is 3.33. The van der Waals surface area contributed by atoms with Gasteiger partial charge in [0.1, 0.15) is 11.6 Å². The molecule has 0 atom stereocenters. The molecular formula is C13H17F2NO. The summed E-state index contributed by atoms with van der Waals surface area (Å²) in [5.41, 5.74) is 1.02. The lowest BCUT2D eigenvalue weighted by Crippen LogP contribution is -2.39. The van der Waals surface area contributed by atoms with Gasteiger partial charge in [0.15, 0.2) is 0 Å². The van der Waals surface area contributed by atoms with Gasteiger partial charge in [0.25, 0.3) is 0 Å². The third-order valence-corrected chi connectivity index (χ3v) is 3.14. The SMILES string of the molecule is CC(C)c1c(F)cc(F)cc1NC1CC(O)C1. The molecule has 2 N–H and O–H groups in total. The predicted molar refractivity (Wildman–Crippen MR) is 63.1 cm³/mol. The van der Waals surface area contributed by atoms with Gasteiger partial charge in [0.05, 0.1) is 6.10 Å². The molecule has 0 amide bonds. The van der Waals surface area contributed by atoms with Gasteiger partial charge in [-0.2, -0.15) is 0 Å². The minimum Gasteiger partial charge on any atom is -0.393 e. The molecule has 0 saturated heterocycles. The number of halogens is 2. The highest BCUT2D eigenvalue weighted by Gasteiger charge is 2.28.